The molecule has 2 nitrogen and oxygen atoms in total. The molecule has 0 aromatic carbocycles. The molecule has 2 aliphatic rings. The van der Waals surface area contributed by atoms with Gasteiger partial charge in [-0.1, -0.05) is 0 Å². The summed E-state index contributed by atoms with van der Waals surface area (Å²) in [7, 11) is 0. The van der Waals surface area contributed by atoms with Crippen molar-refractivity contribution >= 4 is 5.97 Å². The fourth-order valence-electron chi connectivity index (χ4n) is 1.84. The molecule has 0 bridgehead atoms. The summed E-state index contributed by atoms with van der Waals surface area (Å²) in [5.74, 6) is -0.545. The number of hydrogen-bond acceptors (Lipinski definition) is 1. The van der Waals surface area contributed by atoms with Gasteiger partial charge in [-0.15, -0.1) is 0 Å². The van der Waals surface area contributed by atoms with Crippen LogP contribution < -0.4 is 0 Å². The highest BCUT2D eigenvalue weighted by molar-refractivity contribution is 5.73. The topological polar surface area (TPSA) is 37.3 Å². The Hall–Kier alpha value is -0.530. The van der Waals surface area contributed by atoms with Crippen molar-refractivity contribution in [2.24, 2.45) is 11.3 Å². The van der Waals surface area contributed by atoms with Gasteiger partial charge >= 0.3 is 5.97 Å². The predicted molar refractivity (Wildman–Crippen MR) is 32.0 cm³/mol. The number of carbonyl (C=O) groups is 1. The molecule has 2 saturated carbocycles. The smallest absolute Gasteiger partial charge is 0.307 e. The van der Waals surface area contributed by atoms with E-state index in [0.29, 0.717) is 5.41 Å². The van der Waals surface area contributed by atoms with Gasteiger partial charge in [0.2, 0.25) is 0 Å². The molecule has 0 aliphatic heterocycles. The average molecular weight is 126 g/mol. The minimum atomic E-state index is -0.571. The lowest BCUT2D eigenvalue weighted by Gasteiger charge is -2.33. The van der Waals surface area contributed by atoms with E-state index in [0.717, 1.165) is 6.42 Å². The van der Waals surface area contributed by atoms with E-state index in [1.165, 1.54) is 19.3 Å². The zero-order valence-electron chi connectivity index (χ0n) is 5.26. The van der Waals surface area contributed by atoms with Crippen molar-refractivity contribution in [2.45, 2.75) is 25.7 Å². The second-order valence-corrected chi connectivity index (χ2v) is 3.29. The summed E-state index contributed by atoms with van der Waals surface area (Å²) in [5, 5.41) is 8.61. The molecule has 9 heavy (non-hydrogen) atoms. The fourth-order valence-corrected chi connectivity index (χ4v) is 1.84. The van der Waals surface area contributed by atoms with Crippen molar-refractivity contribution in [3.8, 4) is 0 Å². The van der Waals surface area contributed by atoms with Crippen LogP contribution in [0.1, 0.15) is 25.7 Å². The van der Waals surface area contributed by atoms with E-state index in [2.05, 4.69) is 0 Å². The van der Waals surface area contributed by atoms with E-state index in [-0.39, 0.29) is 5.92 Å². The third kappa shape index (κ3) is 0.533. The summed E-state index contributed by atoms with van der Waals surface area (Å²) in [5.41, 5.74) is 0.311. The molecular weight excluding hydrogens is 116 g/mol. The molecule has 0 heterocycles. The Labute approximate surface area is 53.9 Å². The normalized spacial score (nSPS) is 35.8. The van der Waals surface area contributed by atoms with Crippen LogP contribution in [-0.4, -0.2) is 11.1 Å². The van der Waals surface area contributed by atoms with Gasteiger partial charge in [-0.3, -0.25) is 4.79 Å². The Morgan fingerprint density at radius 1 is 1.44 bits per heavy atom. The van der Waals surface area contributed by atoms with Gasteiger partial charge in [0.1, 0.15) is 0 Å². The molecule has 2 heteroatoms. The minimum absolute atomic E-state index is 0.0255. The van der Waals surface area contributed by atoms with Crippen LogP contribution in [-0.2, 0) is 4.79 Å². The van der Waals surface area contributed by atoms with Crippen molar-refractivity contribution in [1.29, 1.82) is 0 Å². The standard InChI is InChI=1S/C7H10O2/c8-6(9)5-1-2-7(5)3-4-7/h5H,1-4H2,(H,8,9). The first-order valence-corrected chi connectivity index (χ1v) is 3.47. The molecule has 1 unspecified atom stereocenters. The van der Waals surface area contributed by atoms with Crippen molar-refractivity contribution in [2.75, 3.05) is 0 Å². The van der Waals surface area contributed by atoms with Crippen molar-refractivity contribution in [1.82, 2.24) is 0 Å². The van der Waals surface area contributed by atoms with E-state index >= 15 is 0 Å². The first-order valence-electron chi connectivity index (χ1n) is 3.47. The molecule has 2 fully saturated rings. The first-order chi connectivity index (χ1) is 4.25. The van der Waals surface area contributed by atoms with Gasteiger partial charge < -0.3 is 5.11 Å². The number of rotatable bonds is 1. The zero-order chi connectivity index (χ0) is 6.48. The number of hydrogen-bond donors (Lipinski definition) is 1. The number of carboxylic acids is 1. The molecule has 0 aromatic heterocycles. The lowest BCUT2D eigenvalue weighted by Crippen LogP contribution is -2.34. The van der Waals surface area contributed by atoms with Crippen molar-refractivity contribution < 1.29 is 9.90 Å². The van der Waals surface area contributed by atoms with Gasteiger partial charge in [0.05, 0.1) is 5.92 Å². The minimum Gasteiger partial charge on any atom is -0.481 e. The Kier molecular flexibility index (Phi) is 0.765. The highest BCUT2D eigenvalue weighted by Gasteiger charge is 2.58. The van der Waals surface area contributed by atoms with Crippen LogP contribution in [0.25, 0.3) is 0 Å². The van der Waals surface area contributed by atoms with Gasteiger partial charge in [0.15, 0.2) is 0 Å². The predicted octanol–water partition coefficient (Wildman–Crippen LogP) is 1.26. The van der Waals surface area contributed by atoms with E-state index < -0.39 is 5.97 Å². The maximum Gasteiger partial charge on any atom is 0.307 e. The lowest BCUT2D eigenvalue weighted by molar-refractivity contribution is -0.148. The van der Waals surface area contributed by atoms with Crippen molar-refractivity contribution in [3.63, 3.8) is 0 Å². The monoisotopic (exact) mass is 126 g/mol. The molecular formula is C7H10O2. The third-order valence-electron chi connectivity index (χ3n) is 2.86. The second kappa shape index (κ2) is 1.31. The van der Waals surface area contributed by atoms with Gasteiger partial charge in [-0.05, 0) is 31.1 Å². The van der Waals surface area contributed by atoms with Crippen LogP contribution >= 0.6 is 0 Å². The summed E-state index contributed by atoms with van der Waals surface area (Å²) in [6.07, 6.45) is 4.44. The Balaban J connectivity index is 2.07. The van der Waals surface area contributed by atoms with Crippen molar-refractivity contribution in [3.05, 3.63) is 0 Å². The second-order valence-electron chi connectivity index (χ2n) is 3.29. The zero-order valence-corrected chi connectivity index (χ0v) is 5.26. The summed E-state index contributed by atoms with van der Waals surface area (Å²) >= 11 is 0. The molecule has 50 valence electrons. The summed E-state index contributed by atoms with van der Waals surface area (Å²) < 4.78 is 0. The first kappa shape index (κ1) is 5.27. The quantitative estimate of drug-likeness (QED) is 0.574. The third-order valence-corrected chi connectivity index (χ3v) is 2.86. The van der Waals surface area contributed by atoms with E-state index in [1.54, 1.807) is 0 Å². The molecule has 1 atom stereocenters. The summed E-state index contributed by atoms with van der Waals surface area (Å²) in [6, 6.07) is 0. The maximum atomic E-state index is 10.4. The van der Waals surface area contributed by atoms with Gasteiger partial charge in [0.25, 0.3) is 0 Å². The van der Waals surface area contributed by atoms with Gasteiger partial charge in [0, 0.05) is 0 Å². The van der Waals surface area contributed by atoms with E-state index in [9.17, 15) is 4.79 Å². The fraction of sp³-hybridized carbons (Fsp3) is 0.857. The van der Waals surface area contributed by atoms with Crippen LogP contribution in [0.2, 0.25) is 0 Å². The highest BCUT2D eigenvalue weighted by atomic mass is 16.4. The SMILES string of the molecule is O=C(O)C1CCC12CC2. The Morgan fingerprint density at radius 2 is 2.11 bits per heavy atom. The summed E-state index contributed by atoms with van der Waals surface area (Å²) in [4.78, 5) is 10.4. The van der Waals surface area contributed by atoms with Crippen LogP contribution in [0.5, 0.6) is 0 Å². The largest absolute Gasteiger partial charge is 0.481 e. The molecule has 0 amide bonds. The molecule has 2 rings (SSSR count). The van der Waals surface area contributed by atoms with E-state index in [4.69, 9.17) is 5.11 Å². The summed E-state index contributed by atoms with van der Waals surface area (Å²) in [6.45, 7) is 0. The molecule has 0 saturated heterocycles. The maximum absolute atomic E-state index is 10.4. The molecule has 2 aliphatic carbocycles. The van der Waals surface area contributed by atoms with Crippen LogP contribution in [0, 0.1) is 11.3 Å². The average Bonchev–Trinajstić information content (AvgIpc) is 2.37. The molecule has 0 radical (unpaired) electrons. The van der Waals surface area contributed by atoms with Crippen LogP contribution in [0.4, 0.5) is 0 Å². The molecule has 1 N–H and O–H groups in total. The van der Waals surface area contributed by atoms with Crippen LogP contribution in [0.3, 0.4) is 0 Å². The van der Waals surface area contributed by atoms with E-state index in [1.807, 2.05) is 0 Å². The molecule has 1 spiro atoms. The number of carboxylic acid groups (broad SMARTS) is 1. The van der Waals surface area contributed by atoms with Gasteiger partial charge in [-0.25, -0.2) is 0 Å². The Morgan fingerprint density at radius 3 is 2.22 bits per heavy atom. The molecule has 0 aromatic rings. The Bertz CT molecular complexity index is 158. The van der Waals surface area contributed by atoms with Crippen LogP contribution in [0.15, 0.2) is 0 Å². The van der Waals surface area contributed by atoms with Gasteiger partial charge in [-0.2, -0.15) is 0 Å². The lowest BCUT2D eigenvalue weighted by atomic mass is 9.70. The number of aliphatic carboxylic acids is 1. The highest BCUT2D eigenvalue weighted by Crippen LogP contribution is 2.64.